The standard InChI is InChI=1S/C26H47N5/c1-18(12-15-31-17-30(6)22-23(27)28-16-29-24(22)31)10-13-25(4)20(3)11-14-26(5)19(2)8-7-9-21(25)26/h8,12,20-24,28-29H,7,9-11,13-17,27H2,1-6H3. The lowest BCUT2D eigenvalue weighted by Crippen LogP contribution is -2.67. The van der Waals surface area contributed by atoms with Gasteiger partial charge in [0.2, 0.25) is 0 Å². The van der Waals surface area contributed by atoms with Gasteiger partial charge in [0, 0.05) is 13.2 Å². The van der Waals surface area contributed by atoms with Crippen LogP contribution in [-0.4, -0.2) is 55.1 Å². The molecule has 3 fully saturated rings. The van der Waals surface area contributed by atoms with Crippen LogP contribution in [0.25, 0.3) is 0 Å². The number of hydrogen-bond acceptors (Lipinski definition) is 5. The predicted molar refractivity (Wildman–Crippen MR) is 130 cm³/mol. The third kappa shape index (κ3) is 4.17. The Morgan fingerprint density at radius 1 is 1.29 bits per heavy atom. The minimum atomic E-state index is 0.0429. The van der Waals surface area contributed by atoms with Crippen LogP contribution in [0.3, 0.4) is 0 Å². The molecular weight excluding hydrogens is 382 g/mol. The second-order valence-electron chi connectivity index (χ2n) is 11.6. The number of allylic oxidation sites excluding steroid dienone is 3. The second kappa shape index (κ2) is 8.90. The summed E-state index contributed by atoms with van der Waals surface area (Å²) in [5.74, 6) is 1.65. The first-order valence-electron chi connectivity index (χ1n) is 12.7. The third-order valence-electron chi connectivity index (χ3n) is 9.97. The van der Waals surface area contributed by atoms with Crippen LogP contribution in [0, 0.1) is 22.7 Å². The van der Waals surface area contributed by atoms with E-state index in [1.807, 2.05) is 0 Å². The number of nitrogens with two attached hydrogens (primary N) is 1. The molecule has 2 aliphatic carbocycles. The Kier molecular flexibility index (Phi) is 6.73. The number of likely N-dealkylation sites (N-methyl/N-ethyl adjacent to an activating group) is 1. The van der Waals surface area contributed by atoms with Gasteiger partial charge >= 0.3 is 0 Å². The lowest BCUT2D eigenvalue weighted by molar-refractivity contribution is -0.0466. The van der Waals surface area contributed by atoms with E-state index in [0.717, 1.165) is 31.7 Å². The molecule has 7 unspecified atom stereocenters. The molecule has 5 heteroatoms. The number of nitrogens with zero attached hydrogens (tertiary/aromatic N) is 2. The molecule has 0 radical (unpaired) electrons. The summed E-state index contributed by atoms with van der Waals surface area (Å²) in [6, 6.07) is 0.338. The molecule has 0 spiro atoms. The van der Waals surface area contributed by atoms with Crippen LogP contribution in [0.4, 0.5) is 0 Å². The van der Waals surface area contributed by atoms with Gasteiger partial charge in [-0.2, -0.15) is 0 Å². The molecule has 2 heterocycles. The maximum absolute atomic E-state index is 6.32. The maximum Gasteiger partial charge on any atom is 0.0809 e. The number of fused-ring (bicyclic) bond motifs is 2. The van der Waals surface area contributed by atoms with Crippen LogP contribution in [0.2, 0.25) is 0 Å². The van der Waals surface area contributed by atoms with E-state index in [4.69, 9.17) is 5.73 Å². The van der Waals surface area contributed by atoms with Crippen LogP contribution >= 0.6 is 0 Å². The van der Waals surface area contributed by atoms with Crippen molar-refractivity contribution in [3.8, 4) is 0 Å². The van der Waals surface area contributed by atoms with Gasteiger partial charge in [0.05, 0.1) is 25.0 Å². The van der Waals surface area contributed by atoms with Gasteiger partial charge in [-0.25, -0.2) is 0 Å². The zero-order chi connectivity index (χ0) is 22.4. The van der Waals surface area contributed by atoms with Crippen LogP contribution in [0.5, 0.6) is 0 Å². The molecule has 31 heavy (non-hydrogen) atoms. The zero-order valence-corrected chi connectivity index (χ0v) is 20.9. The Labute approximate surface area is 190 Å². The molecule has 0 amide bonds. The average molecular weight is 430 g/mol. The fraction of sp³-hybridized carbons (Fsp3) is 0.846. The summed E-state index contributed by atoms with van der Waals surface area (Å²) in [4.78, 5) is 4.91. The average Bonchev–Trinajstić information content (AvgIpc) is 3.07. The Morgan fingerprint density at radius 2 is 2.06 bits per heavy atom. The second-order valence-corrected chi connectivity index (χ2v) is 11.6. The highest BCUT2D eigenvalue weighted by atomic mass is 15.5. The molecule has 0 aromatic carbocycles. The van der Waals surface area contributed by atoms with Crippen LogP contribution < -0.4 is 16.4 Å². The molecule has 0 aromatic heterocycles. The largest absolute Gasteiger partial charge is 0.314 e. The van der Waals surface area contributed by atoms with Gasteiger partial charge < -0.3 is 5.73 Å². The first kappa shape index (κ1) is 23.4. The summed E-state index contributed by atoms with van der Waals surface area (Å²) < 4.78 is 0. The Hall–Kier alpha value is -0.720. The van der Waals surface area contributed by atoms with Crippen LogP contribution in [-0.2, 0) is 0 Å². The fourth-order valence-corrected chi connectivity index (χ4v) is 7.39. The minimum absolute atomic E-state index is 0.0429. The van der Waals surface area contributed by atoms with Crippen molar-refractivity contribution in [2.75, 3.05) is 26.9 Å². The van der Waals surface area contributed by atoms with Gasteiger partial charge in [-0.05, 0) is 82.1 Å². The molecule has 0 aromatic rings. The molecule has 2 saturated heterocycles. The highest BCUT2D eigenvalue weighted by Crippen LogP contribution is 2.61. The van der Waals surface area contributed by atoms with E-state index in [0.29, 0.717) is 23.0 Å². The van der Waals surface area contributed by atoms with Crippen molar-refractivity contribution >= 4 is 0 Å². The van der Waals surface area contributed by atoms with E-state index in [9.17, 15) is 0 Å². The molecule has 2 aliphatic heterocycles. The Bertz CT molecular complexity index is 717. The van der Waals surface area contributed by atoms with Crippen LogP contribution in [0.1, 0.15) is 73.1 Å². The highest BCUT2D eigenvalue weighted by Gasteiger charge is 2.52. The normalized spacial score (nSPS) is 44.7. The van der Waals surface area contributed by atoms with Crippen molar-refractivity contribution < 1.29 is 0 Å². The van der Waals surface area contributed by atoms with Crippen molar-refractivity contribution in [3.63, 3.8) is 0 Å². The minimum Gasteiger partial charge on any atom is -0.314 e. The number of hydrogen-bond donors (Lipinski definition) is 3. The van der Waals surface area contributed by atoms with Gasteiger partial charge in [-0.1, -0.05) is 44.1 Å². The first-order chi connectivity index (χ1) is 14.7. The van der Waals surface area contributed by atoms with E-state index < -0.39 is 0 Å². The Morgan fingerprint density at radius 3 is 2.84 bits per heavy atom. The lowest BCUT2D eigenvalue weighted by Gasteiger charge is -2.58. The SMILES string of the molecule is CC(=CCN1CN(C)C2C(N)NCNC21)CCC1(C)C(C)CCC2(C)C(C)=CCCC21. The molecule has 7 atom stereocenters. The zero-order valence-electron chi connectivity index (χ0n) is 20.9. The molecule has 5 nitrogen and oxygen atoms in total. The molecule has 1 saturated carbocycles. The highest BCUT2D eigenvalue weighted by molar-refractivity contribution is 5.21. The fourth-order valence-electron chi connectivity index (χ4n) is 7.39. The summed E-state index contributed by atoms with van der Waals surface area (Å²) in [7, 11) is 2.19. The van der Waals surface area contributed by atoms with Gasteiger partial charge in [0.15, 0.2) is 0 Å². The topological polar surface area (TPSA) is 56.6 Å². The van der Waals surface area contributed by atoms with Crippen molar-refractivity contribution in [2.24, 2.45) is 28.4 Å². The summed E-state index contributed by atoms with van der Waals surface area (Å²) in [6.07, 6.45) is 13.3. The molecule has 4 aliphatic rings. The van der Waals surface area contributed by atoms with E-state index in [1.165, 1.54) is 38.5 Å². The summed E-state index contributed by atoms with van der Waals surface area (Å²) in [5, 5.41) is 6.95. The molecule has 4 rings (SSSR count). The van der Waals surface area contributed by atoms with Gasteiger partial charge in [-0.15, -0.1) is 0 Å². The molecule has 4 N–H and O–H groups in total. The van der Waals surface area contributed by atoms with E-state index in [-0.39, 0.29) is 6.17 Å². The number of rotatable bonds is 5. The van der Waals surface area contributed by atoms with Gasteiger partial charge in [0.1, 0.15) is 0 Å². The Balaban J connectivity index is 1.39. The van der Waals surface area contributed by atoms with E-state index >= 15 is 0 Å². The van der Waals surface area contributed by atoms with E-state index in [2.05, 4.69) is 74.3 Å². The lowest BCUT2D eigenvalue weighted by atomic mass is 9.47. The van der Waals surface area contributed by atoms with Crippen molar-refractivity contribution in [3.05, 3.63) is 23.3 Å². The van der Waals surface area contributed by atoms with Crippen LogP contribution in [0.15, 0.2) is 23.3 Å². The summed E-state index contributed by atoms with van der Waals surface area (Å²) >= 11 is 0. The van der Waals surface area contributed by atoms with Gasteiger partial charge in [-0.3, -0.25) is 20.4 Å². The van der Waals surface area contributed by atoms with Crippen molar-refractivity contribution in [1.82, 2.24) is 20.4 Å². The van der Waals surface area contributed by atoms with E-state index in [1.54, 1.807) is 11.1 Å². The molecule has 0 bridgehead atoms. The molecule has 176 valence electrons. The predicted octanol–water partition coefficient (Wildman–Crippen LogP) is 3.85. The summed E-state index contributed by atoms with van der Waals surface area (Å²) in [6.45, 7) is 15.2. The third-order valence-corrected chi connectivity index (χ3v) is 9.97. The van der Waals surface area contributed by atoms with Crippen molar-refractivity contribution in [2.45, 2.75) is 91.5 Å². The quantitative estimate of drug-likeness (QED) is 0.580. The summed E-state index contributed by atoms with van der Waals surface area (Å²) in [5.41, 5.74) is 10.4. The monoisotopic (exact) mass is 429 g/mol. The van der Waals surface area contributed by atoms with Gasteiger partial charge in [0.25, 0.3) is 0 Å². The van der Waals surface area contributed by atoms with Crippen molar-refractivity contribution in [1.29, 1.82) is 0 Å². The molecular formula is C26H47N5. The number of nitrogens with one attached hydrogen (secondary N) is 2. The smallest absolute Gasteiger partial charge is 0.0809 e. The first-order valence-corrected chi connectivity index (χ1v) is 12.7. The maximum atomic E-state index is 6.32.